The largest absolute Gasteiger partial charge is 0.347 e. The fraction of sp³-hybridized carbons (Fsp3) is 0.167. The van der Waals surface area contributed by atoms with Crippen LogP contribution in [-0.4, -0.2) is 24.1 Å². The summed E-state index contributed by atoms with van der Waals surface area (Å²) < 4.78 is 0. The number of carbonyl (C=O) groups excluding carboxylic acids is 2. The summed E-state index contributed by atoms with van der Waals surface area (Å²) >= 11 is 5.82. The monoisotopic (exact) mass is 343 g/mol. The number of hydrazone groups is 1. The summed E-state index contributed by atoms with van der Waals surface area (Å²) in [6.45, 7) is 1.65. The van der Waals surface area contributed by atoms with Gasteiger partial charge in [-0.1, -0.05) is 54.1 Å². The number of hydrogen-bond acceptors (Lipinski definition) is 3. The fourth-order valence-electron chi connectivity index (χ4n) is 1.96. The summed E-state index contributed by atoms with van der Waals surface area (Å²) in [6, 6.07) is 16.5. The highest BCUT2D eigenvalue weighted by Crippen LogP contribution is 2.10. The molecule has 6 heteroatoms. The van der Waals surface area contributed by atoms with Crippen molar-refractivity contribution in [3.63, 3.8) is 0 Å². The third kappa shape index (κ3) is 5.85. The molecule has 0 aromatic heterocycles. The van der Waals surface area contributed by atoms with Gasteiger partial charge in [0.15, 0.2) is 0 Å². The Kier molecular flexibility index (Phi) is 6.51. The Hall–Kier alpha value is -2.66. The fourth-order valence-corrected chi connectivity index (χ4v) is 2.09. The first-order valence-corrected chi connectivity index (χ1v) is 7.82. The van der Waals surface area contributed by atoms with E-state index in [9.17, 15) is 9.59 Å². The van der Waals surface area contributed by atoms with E-state index in [2.05, 4.69) is 15.8 Å². The van der Waals surface area contributed by atoms with Crippen LogP contribution in [0.15, 0.2) is 59.7 Å². The molecular weight excluding hydrogens is 326 g/mol. The molecule has 2 aromatic rings. The number of carbonyl (C=O) groups is 2. The minimum Gasteiger partial charge on any atom is -0.347 e. The van der Waals surface area contributed by atoms with Gasteiger partial charge in [0.1, 0.15) is 0 Å². The van der Waals surface area contributed by atoms with Crippen LogP contribution >= 0.6 is 11.6 Å². The molecule has 2 amide bonds. The van der Waals surface area contributed by atoms with Crippen molar-refractivity contribution in [1.29, 1.82) is 0 Å². The van der Waals surface area contributed by atoms with E-state index in [1.807, 2.05) is 42.5 Å². The van der Waals surface area contributed by atoms with E-state index in [4.69, 9.17) is 11.6 Å². The van der Waals surface area contributed by atoms with E-state index >= 15 is 0 Å². The highest BCUT2D eigenvalue weighted by Gasteiger charge is 2.06. The predicted molar refractivity (Wildman–Crippen MR) is 95.0 cm³/mol. The first-order chi connectivity index (χ1) is 11.5. The number of hydrogen-bond donors (Lipinski definition) is 2. The average Bonchev–Trinajstić information content (AvgIpc) is 2.59. The summed E-state index contributed by atoms with van der Waals surface area (Å²) in [6.07, 6.45) is 0.237. The van der Waals surface area contributed by atoms with Crippen molar-refractivity contribution in [2.75, 3.05) is 6.54 Å². The number of benzene rings is 2. The van der Waals surface area contributed by atoms with Crippen LogP contribution in [0.25, 0.3) is 0 Å². The molecule has 0 heterocycles. The molecule has 0 saturated heterocycles. The number of halogens is 1. The van der Waals surface area contributed by atoms with Crippen LogP contribution in [0.3, 0.4) is 0 Å². The maximum Gasteiger partial charge on any atom is 0.259 e. The summed E-state index contributed by atoms with van der Waals surface area (Å²) in [5, 5.41) is 7.21. The Morgan fingerprint density at radius 2 is 1.67 bits per heavy atom. The van der Waals surface area contributed by atoms with Gasteiger partial charge in [-0.05, 0) is 30.2 Å². The molecule has 2 N–H and O–H groups in total. The van der Waals surface area contributed by atoms with Crippen LogP contribution < -0.4 is 10.7 Å². The molecule has 0 saturated carbocycles. The highest BCUT2D eigenvalue weighted by atomic mass is 35.5. The summed E-state index contributed by atoms with van der Waals surface area (Å²) in [4.78, 5) is 23.5. The van der Waals surface area contributed by atoms with Gasteiger partial charge in [-0.3, -0.25) is 9.59 Å². The lowest BCUT2D eigenvalue weighted by molar-refractivity contribution is -0.125. The summed E-state index contributed by atoms with van der Waals surface area (Å²) in [7, 11) is 0. The molecular formula is C18H18ClN3O2. The van der Waals surface area contributed by atoms with Crippen molar-refractivity contribution in [3.05, 3.63) is 70.7 Å². The van der Waals surface area contributed by atoms with Crippen molar-refractivity contribution >= 4 is 29.1 Å². The maximum absolute atomic E-state index is 11.8. The lowest BCUT2D eigenvalue weighted by atomic mass is 10.1. The van der Waals surface area contributed by atoms with E-state index in [-0.39, 0.29) is 24.8 Å². The van der Waals surface area contributed by atoms with Gasteiger partial charge >= 0.3 is 0 Å². The molecule has 0 unspecified atom stereocenters. The average molecular weight is 344 g/mol. The Labute approximate surface area is 145 Å². The zero-order valence-corrected chi connectivity index (χ0v) is 14.0. The molecule has 0 aliphatic carbocycles. The van der Waals surface area contributed by atoms with E-state index in [0.29, 0.717) is 10.7 Å². The maximum atomic E-state index is 11.8. The Bertz CT molecular complexity index is 728. The van der Waals surface area contributed by atoms with E-state index in [1.54, 1.807) is 19.1 Å². The summed E-state index contributed by atoms with van der Waals surface area (Å²) in [5.74, 6) is -0.598. The smallest absolute Gasteiger partial charge is 0.259 e. The second kappa shape index (κ2) is 8.84. The van der Waals surface area contributed by atoms with Crippen molar-refractivity contribution in [2.24, 2.45) is 5.10 Å². The quantitative estimate of drug-likeness (QED) is 0.625. The minimum absolute atomic E-state index is 0.122. The van der Waals surface area contributed by atoms with Gasteiger partial charge in [-0.2, -0.15) is 5.10 Å². The van der Waals surface area contributed by atoms with E-state index in [1.165, 1.54) is 0 Å². The molecule has 0 bridgehead atoms. The van der Waals surface area contributed by atoms with Gasteiger partial charge < -0.3 is 5.32 Å². The molecule has 2 aromatic carbocycles. The summed E-state index contributed by atoms with van der Waals surface area (Å²) in [5.41, 5.74) is 4.81. The van der Waals surface area contributed by atoms with E-state index < -0.39 is 0 Å². The van der Waals surface area contributed by atoms with Crippen molar-refractivity contribution in [3.8, 4) is 0 Å². The number of nitrogens with zero attached hydrogens (tertiary/aromatic N) is 1. The Morgan fingerprint density at radius 1 is 1.00 bits per heavy atom. The molecule has 24 heavy (non-hydrogen) atoms. The molecule has 0 fully saturated rings. The lowest BCUT2D eigenvalue weighted by Crippen LogP contribution is -2.36. The van der Waals surface area contributed by atoms with Crippen molar-refractivity contribution < 1.29 is 9.59 Å². The topological polar surface area (TPSA) is 70.6 Å². The zero-order valence-electron chi connectivity index (χ0n) is 13.3. The van der Waals surface area contributed by atoms with E-state index in [0.717, 1.165) is 11.1 Å². The van der Waals surface area contributed by atoms with Crippen molar-refractivity contribution in [1.82, 2.24) is 10.7 Å². The van der Waals surface area contributed by atoms with Gasteiger partial charge in [0.05, 0.1) is 18.7 Å². The number of nitrogens with one attached hydrogen (secondary N) is 2. The standard InChI is InChI=1S/C18H18ClN3O2/c1-13(15-7-9-16(19)10-8-15)21-22-18(24)12-20-17(23)11-14-5-3-2-4-6-14/h2-10H,11-12H2,1H3,(H,20,23)(H,22,24)/b21-13-. The van der Waals surface area contributed by atoms with Crippen LogP contribution in [0.1, 0.15) is 18.1 Å². The van der Waals surface area contributed by atoms with Gasteiger partial charge in [-0.25, -0.2) is 5.43 Å². The Balaban J connectivity index is 1.77. The van der Waals surface area contributed by atoms with Gasteiger partial charge in [0, 0.05) is 5.02 Å². The molecule has 0 aliphatic heterocycles. The zero-order chi connectivity index (χ0) is 17.4. The molecule has 0 radical (unpaired) electrons. The molecule has 0 atom stereocenters. The second-order valence-corrected chi connectivity index (χ2v) is 5.61. The number of rotatable bonds is 6. The first-order valence-electron chi connectivity index (χ1n) is 7.44. The van der Waals surface area contributed by atoms with Crippen LogP contribution in [0.5, 0.6) is 0 Å². The Morgan fingerprint density at radius 3 is 2.33 bits per heavy atom. The minimum atomic E-state index is -0.385. The molecule has 124 valence electrons. The van der Waals surface area contributed by atoms with Crippen LogP contribution in [0.2, 0.25) is 5.02 Å². The molecule has 0 aliphatic rings. The first kappa shape index (κ1) is 17.7. The predicted octanol–water partition coefficient (Wildman–Crippen LogP) is 2.54. The molecule has 0 spiro atoms. The van der Waals surface area contributed by atoms with Crippen molar-refractivity contribution in [2.45, 2.75) is 13.3 Å². The second-order valence-electron chi connectivity index (χ2n) is 5.18. The lowest BCUT2D eigenvalue weighted by Gasteiger charge is -2.05. The SMILES string of the molecule is C/C(=N/NC(=O)CNC(=O)Cc1ccccc1)c1ccc(Cl)cc1. The number of amides is 2. The third-order valence-electron chi connectivity index (χ3n) is 3.26. The van der Waals surface area contributed by atoms with Crippen LogP contribution in [0.4, 0.5) is 0 Å². The highest BCUT2D eigenvalue weighted by molar-refractivity contribution is 6.30. The molecule has 2 rings (SSSR count). The molecule has 5 nitrogen and oxygen atoms in total. The normalized spacial score (nSPS) is 11.0. The van der Waals surface area contributed by atoms with Gasteiger partial charge in [0.2, 0.25) is 5.91 Å². The van der Waals surface area contributed by atoms with Crippen LogP contribution in [-0.2, 0) is 16.0 Å². The van der Waals surface area contributed by atoms with Crippen LogP contribution in [0, 0.1) is 0 Å². The van der Waals surface area contributed by atoms with Gasteiger partial charge in [0.25, 0.3) is 5.91 Å². The van der Waals surface area contributed by atoms with Gasteiger partial charge in [-0.15, -0.1) is 0 Å². The third-order valence-corrected chi connectivity index (χ3v) is 3.52.